The van der Waals surface area contributed by atoms with E-state index >= 15 is 0 Å². The Bertz CT molecular complexity index is 1850. The molecule has 0 aromatic heterocycles. The third-order valence-corrected chi connectivity index (χ3v) is 10.9. The zero-order chi connectivity index (χ0) is 31.9. The van der Waals surface area contributed by atoms with Crippen LogP contribution in [0.1, 0.15) is 31.2 Å². The predicted octanol–water partition coefficient (Wildman–Crippen LogP) is 6.39. The molecule has 6 atom stereocenters. The smallest absolute Gasteiger partial charge is 0.241 e. The minimum Gasteiger partial charge on any atom is -0.504 e. The van der Waals surface area contributed by atoms with Crippen molar-refractivity contribution in [1.82, 2.24) is 0 Å². The fraction of sp³-hybridized carbons (Fsp3) is 0.294. The molecule has 2 aliphatic carbocycles. The second-order valence-electron chi connectivity index (χ2n) is 12.2. The number of amides is 4. The monoisotopic (exact) mass is 692 g/mol. The van der Waals surface area contributed by atoms with Crippen LogP contribution in [-0.4, -0.2) is 35.8 Å². The van der Waals surface area contributed by atoms with Gasteiger partial charge in [-0.25, -0.2) is 9.29 Å². The highest BCUT2D eigenvalue weighted by atomic mass is 79.9. The van der Waals surface area contributed by atoms with Crippen molar-refractivity contribution in [2.45, 2.75) is 25.7 Å². The van der Waals surface area contributed by atoms with Crippen molar-refractivity contribution in [3.63, 3.8) is 0 Å². The number of carbonyl (C=O) groups excluding carboxylic acids is 4. The molecule has 1 saturated carbocycles. The van der Waals surface area contributed by atoms with Crippen LogP contribution in [0.25, 0.3) is 0 Å². The Labute approximate surface area is 271 Å². The van der Waals surface area contributed by atoms with Crippen molar-refractivity contribution in [3.05, 3.63) is 93.2 Å². The van der Waals surface area contributed by atoms with Crippen LogP contribution in [0.3, 0.4) is 0 Å². The van der Waals surface area contributed by atoms with Crippen LogP contribution in [0, 0.1) is 34.9 Å². The summed E-state index contributed by atoms with van der Waals surface area (Å²) in [5.41, 5.74) is 0.718. The van der Waals surface area contributed by atoms with Gasteiger partial charge in [-0.05, 0) is 85.8 Å². The molecule has 7 rings (SSSR count). The first-order valence-corrected chi connectivity index (χ1v) is 15.7. The normalized spacial score (nSPS) is 29.0. The van der Waals surface area contributed by atoms with Gasteiger partial charge in [0.2, 0.25) is 23.6 Å². The number of halogens is 3. The molecule has 0 spiro atoms. The van der Waals surface area contributed by atoms with Crippen molar-refractivity contribution in [3.8, 4) is 11.5 Å². The lowest BCUT2D eigenvalue weighted by molar-refractivity contribution is -0.131. The van der Waals surface area contributed by atoms with E-state index in [0.29, 0.717) is 17.7 Å². The standard InChI is InChI=1S/C34H27BrClFN2O6/c1-34-23(31(42)39(33(34)44)19-8-11-25(37)24(36)14-19)15-22-20(29(34)16-3-12-26(40)27(13-16)45-2)9-10-21-28(22)32(43)38(30(21)41)18-6-4-17(35)5-7-18/h3-9,11-14,21-23,28-29,40H,10,15H2,1-2H3. The van der Waals surface area contributed by atoms with Gasteiger partial charge in [0.15, 0.2) is 11.5 Å². The first kappa shape index (κ1) is 29.7. The van der Waals surface area contributed by atoms with Gasteiger partial charge >= 0.3 is 0 Å². The average Bonchev–Trinajstić information content (AvgIpc) is 3.39. The zero-order valence-electron chi connectivity index (χ0n) is 24.2. The number of phenols is 1. The highest BCUT2D eigenvalue weighted by molar-refractivity contribution is 9.10. The third-order valence-electron chi connectivity index (χ3n) is 10.1. The van der Waals surface area contributed by atoms with Gasteiger partial charge in [-0.2, -0.15) is 0 Å². The SMILES string of the molecule is COc1cc(C2C3=CCC4C(=O)N(c5ccc(Br)cc5)C(=O)C4C3CC3C(=O)N(c4ccc(F)c(Cl)c4)C(=O)C32C)ccc1O. The molecule has 8 nitrogen and oxygen atoms in total. The number of allylic oxidation sites excluding steroid dienone is 2. The summed E-state index contributed by atoms with van der Waals surface area (Å²) in [5, 5.41) is 10.2. The molecule has 45 heavy (non-hydrogen) atoms. The molecule has 0 bridgehead atoms. The van der Waals surface area contributed by atoms with Crippen LogP contribution in [0.2, 0.25) is 5.02 Å². The fourth-order valence-corrected chi connectivity index (χ4v) is 8.42. The Hall–Kier alpha value is -4.02. The van der Waals surface area contributed by atoms with E-state index in [1.54, 1.807) is 43.3 Å². The van der Waals surface area contributed by atoms with Gasteiger partial charge in [-0.15, -0.1) is 0 Å². The first-order chi connectivity index (χ1) is 21.5. The molecular formula is C34H27BrClFN2O6. The first-order valence-electron chi connectivity index (χ1n) is 14.5. The molecule has 2 aliphatic heterocycles. The Balaban J connectivity index is 1.37. The van der Waals surface area contributed by atoms with Crippen LogP contribution in [0.4, 0.5) is 15.8 Å². The molecule has 4 amide bonds. The van der Waals surface area contributed by atoms with Crippen molar-refractivity contribution < 1.29 is 33.4 Å². The summed E-state index contributed by atoms with van der Waals surface area (Å²) in [7, 11) is 1.42. The largest absolute Gasteiger partial charge is 0.504 e. The molecule has 2 heterocycles. The highest BCUT2D eigenvalue weighted by Gasteiger charge is 2.67. The Morgan fingerprint density at radius 2 is 1.64 bits per heavy atom. The number of hydrogen-bond acceptors (Lipinski definition) is 6. The maximum absolute atomic E-state index is 14.5. The van der Waals surface area contributed by atoms with Crippen LogP contribution in [-0.2, 0) is 19.2 Å². The number of ether oxygens (including phenoxy) is 1. The van der Waals surface area contributed by atoms with Gasteiger partial charge in [0.05, 0.1) is 46.7 Å². The summed E-state index contributed by atoms with van der Waals surface area (Å²) in [6, 6.07) is 15.4. The molecule has 0 radical (unpaired) electrons. The third kappa shape index (κ3) is 4.21. The predicted molar refractivity (Wildman–Crippen MR) is 167 cm³/mol. The van der Waals surface area contributed by atoms with E-state index in [9.17, 15) is 28.7 Å². The van der Waals surface area contributed by atoms with Crippen molar-refractivity contribution in [1.29, 1.82) is 0 Å². The number of anilines is 2. The van der Waals surface area contributed by atoms with E-state index < -0.39 is 52.6 Å². The number of carbonyl (C=O) groups is 4. The Morgan fingerprint density at radius 3 is 2.33 bits per heavy atom. The van der Waals surface area contributed by atoms with Gasteiger partial charge in [-0.3, -0.25) is 24.1 Å². The van der Waals surface area contributed by atoms with Crippen molar-refractivity contribution in [2.24, 2.45) is 29.1 Å². The van der Waals surface area contributed by atoms with Gasteiger partial charge in [0.25, 0.3) is 0 Å². The fourth-order valence-electron chi connectivity index (χ4n) is 7.98. The van der Waals surface area contributed by atoms with E-state index in [1.165, 1.54) is 30.2 Å². The molecule has 2 saturated heterocycles. The van der Waals surface area contributed by atoms with Crippen LogP contribution >= 0.6 is 27.5 Å². The van der Waals surface area contributed by atoms with Crippen molar-refractivity contribution >= 4 is 62.5 Å². The van der Waals surface area contributed by atoms with E-state index in [4.69, 9.17) is 16.3 Å². The molecule has 3 aromatic carbocycles. The lowest BCUT2D eigenvalue weighted by Crippen LogP contribution is -2.48. The maximum atomic E-state index is 14.5. The lowest BCUT2D eigenvalue weighted by Gasteiger charge is -2.49. The molecule has 11 heteroatoms. The summed E-state index contributed by atoms with van der Waals surface area (Å²) in [6.07, 6.45) is 2.40. The minimum absolute atomic E-state index is 0.0916. The summed E-state index contributed by atoms with van der Waals surface area (Å²) >= 11 is 9.46. The van der Waals surface area contributed by atoms with Gasteiger partial charge in [0.1, 0.15) is 5.82 Å². The number of methoxy groups -OCH3 is 1. The van der Waals surface area contributed by atoms with E-state index in [0.717, 1.165) is 21.0 Å². The number of benzene rings is 3. The molecule has 230 valence electrons. The molecule has 1 N–H and O–H groups in total. The van der Waals surface area contributed by atoms with E-state index in [-0.39, 0.29) is 40.4 Å². The quantitative estimate of drug-likeness (QED) is 0.251. The molecule has 3 fully saturated rings. The minimum atomic E-state index is -1.31. The van der Waals surface area contributed by atoms with Gasteiger partial charge < -0.3 is 9.84 Å². The molecule has 6 unspecified atom stereocenters. The van der Waals surface area contributed by atoms with Crippen molar-refractivity contribution in [2.75, 3.05) is 16.9 Å². The average molecular weight is 694 g/mol. The summed E-state index contributed by atoms with van der Waals surface area (Å²) in [5.74, 6) is -5.62. The van der Waals surface area contributed by atoms with Gasteiger partial charge in [0, 0.05) is 10.4 Å². The van der Waals surface area contributed by atoms with E-state index in [1.807, 2.05) is 6.08 Å². The molecule has 4 aliphatic rings. The molecular weight excluding hydrogens is 667 g/mol. The number of rotatable bonds is 4. The maximum Gasteiger partial charge on any atom is 0.241 e. The number of hydrogen-bond donors (Lipinski definition) is 1. The van der Waals surface area contributed by atoms with Crippen LogP contribution in [0.15, 0.2) is 76.8 Å². The van der Waals surface area contributed by atoms with E-state index in [2.05, 4.69) is 15.9 Å². The number of nitrogens with zero attached hydrogens (tertiary/aromatic N) is 2. The van der Waals surface area contributed by atoms with Crippen LogP contribution in [0.5, 0.6) is 11.5 Å². The Morgan fingerprint density at radius 1 is 0.933 bits per heavy atom. The second-order valence-corrected chi connectivity index (χ2v) is 13.5. The topological polar surface area (TPSA) is 104 Å². The molecule has 3 aromatic rings. The number of fused-ring (bicyclic) bond motifs is 4. The number of imide groups is 2. The second kappa shape index (κ2) is 10.5. The Kier molecular flexibility index (Phi) is 6.94. The lowest BCUT2D eigenvalue weighted by atomic mass is 9.51. The number of aromatic hydroxyl groups is 1. The summed E-state index contributed by atoms with van der Waals surface area (Å²) < 4.78 is 20.3. The highest BCUT2D eigenvalue weighted by Crippen LogP contribution is 2.64. The number of phenolic OH excluding ortho intramolecular Hbond substituents is 1. The van der Waals surface area contributed by atoms with Gasteiger partial charge in [-0.1, -0.05) is 45.2 Å². The summed E-state index contributed by atoms with van der Waals surface area (Å²) in [6.45, 7) is 1.74. The van der Waals surface area contributed by atoms with Crippen LogP contribution < -0.4 is 14.5 Å². The summed E-state index contributed by atoms with van der Waals surface area (Å²) in [4.78, 5) is 58.9. The zero-order valence-corrected chi connectivity index (χ0v) is 26.5.